The van der Waals surface area contributed by atoms with Gasteiger partial charge in [-0.05, 0) is 24.3 Å². The molecule has 0 unspecified atom stereocenters. The molecule has 3 N–H and O–H groups in total. The third-order valence-corrected chi connectivity index (χ3v) is 3.06. The number of nitrogens with zero attached hydrogens (tertiary/aromatic N) is 1. The Labute approximate surface area is 109 Å². The summed E-state index contributed by atoms with van der Waals surface area (Å²) in [5, 5.41) is 9.63. The van der Waals surface area contributed by atoms with Crippen molar-refractivity contribution in [3.05, 3.63) is 40.2 Å². The molecule has 0 saturated heterocycles. The van der Waals surface area contributed by atoms with Crippen LogP contribution in [0, 0.1) is 0 Å². The highest BCUT2D eigenvalue weighted by molar-refractivity contribution is 5.83. The van der Waals surface area contributed by atoms with Gasteiger partial charge in [-0.3, -0.25) is 9.59 Å². The van der Waals surface area contributed by atoms with Crippen LogP contribution >= 0.6 is 0 Å². The molecule has 19 heavy (non-hydrogen) atoms. The van der Waals surface area contributed by atoms with E-state index in [-0.39, 0.29) is 5.56 Å². The van der Waals surface area contributed by atoms with E-state index in [0.29, 0.717) is 16.7 Å². The Kier molecular flexibility index (Phi) is 3.26. The molecule has 6 heteroatoms. The third kappa shape index (κ3) is 2.17. The largest absolute Gasteiger partial charge is 0.497 e. The minimum Gasteiger partial charge on any atom is -0.497 e. The maximum atomic E-state index is 12.1. The van der Waals surface area contributed by atoms with E-state index in [4.69, 9.17) is 15.6 Å². The molecule has 0 saturated carbocycles. The zero-order chi connectivity index (χ0) is 14.2. The zero-order valence-electron chi connectivity index (χ0n) is 10.6. The Bertz CT molecular complexity index is 706. The molecule has 0 bridgehead atoms. The fourth-order valence-electron chi connectivity index (χ4n) is 1.97. The second kappa shape index (κ2) is 4.74. The number of aromatic nitrogens is 1. The van der Waals surface area contributed by atoms with Crippen molar-refractivity contribution in [2.75, 3.05) is 7.11 Å². The highest BCUT2D eigenvalue weighted by Gasteiger charge is 2.19. The molecule has 1 heterocycles. The van der Waals surface area contributed by atoms with Gasteiger partial charge in [-0.25, -0.2) is 0 Å². The van der Waals surface area contributed by atoms with Crippen molar-refractivity contribution in [3.8, 4) is 5.75 Å². The molecule has 0 aliphatic heterocycles. The third-order valence-electron chi connectivity index (χ3n) is 3.06. The predicted octanol–water partition coefficient (Wildman–Crippen LogP) is 0.631. The number of carboxylic acids is 1. The molecule has 1 aromatic carbocycles. The van der Waals surface area contributed by atoms with Crippen LogP contribution in [-0.2, 0) is 11.8 Å². The lowest BCUT2D eigenvalue weighted by Crippen LogP contribution is -2.31. The van der Waals surface area contributed by atoms with E-state index in [1.165, 1.54) is 17.7 Å². The van der Waals surface area contributed by atoms with Crippen LogP contribution in [0.2, 0.25) is 0 Å². The summed E-state index contributed by atoms with van der Waals surface area (Å²) in [5.74, 6) is -0.611. The van der Waals surface area contributed by atoms with Gasteiger partial charge >= 0.3 is 5.97 Å². The predicted molar refractivity (Wildman–Crippen MR) is 70.3 cm³/mol. The van der Waals surface area contributed by atoms with Crippen molar-refractivity contribution in [2.45, 2.75) is 6.04 Å². The molecule has 0 radical (unpaired) electrons. The second-order valence-electron chi connectivity index (χ2n) is 4.20. The van der Waals surface area contributed by atoms with Crippen LogP contribution in [0.1, 0.15) is 11.6 Å². The Balaban J connectivity index is 2.77. The molecule has 6 nitrogen and oxygen atoms in total. The minimum absolute atomic E-state index is 0.0516. The van der Waals surface area contributed by atoms with Crippen LogP contribution in [0.3, 0.4) is 0 Å². The number of carboxylic acid groups (broad SMARTS) is 1. The summed E-state index contributed by atoms with van der Waals surface area (Å²) in [6.07, 6.45) is 0. The molecule has 1 atom stereocenters. The number of aryl methyl sites for hydroxylation is 1. The van der Waals surface area contributed by atoms with Crippen LogP contribution in [0.25, 0.3) is 10.9 Å². The van der Waals surface area contributed by atoms with Crippen molar-refractivity contribution in [3.63, 3.8) is 0 Å². The molecule has 0 amide bonds. The number of hydrogen-bond acceptors (Lipinski definition) is 4. The summed E-state index contributed by atoms with van der Waals surface area (Å²) in [7, 11) is 3.11. The van der Waals surface area contributed by atoms with Gasteiger partial charge in [-0.1, -0.05) is 0 Å². The van der Waals surface area contributed by atoms with E-state index in [2.05, 4.69) is 0 Å². The van der Waals surface area contributed by atoms with Crippen LogP contribution in [0.4, 0.5) is 0 Å². The van der Waals surface area contributed by atoms with Gasteiger partial charge in [0, 0.05) is 18.0 Å². The number of rotatable bonds is 3. The molecule has 100 valence electrons. The molecule has 2 aromatic rings. The lowest BCUT2D eigenvalue weighted by atomic mass is 10.1. The monoisotopic (exact) mass is 262 g/mol. The van der Waals surface area contributed by atoms with E-state index in [1.807, 2.05) is 0 Å². The summed E-state index contributed by atoms with van der Waals surface area (Å²) in [4.78, 5) is 23.0. The van der Waals surface area contributed by atoms with Gasteiger partial charge < -0.3 is 20.1 Å². The summed E-state index contributed by atoms with van der Waals surface area (Å²) >= 11 is 0. The van der Waals surface area contributed by atoms with Crippen LogP contribution in [-0.4, -0.2) is 22.8 Å². The Morgan fingerprint density at radius 1 is 1.42 bits per heavy atom. The van der Waals surface area contributed by atoms with Gasteiger partial charge in [-0.15, -0.1) is 0 Å². The highest BCUT2D eigenvalue weighted by atomic mass is 16.5. The minimum atomic E-state index is -1.34. The van der Waals surface area contributed by atoms with E-state index in [9.17, 15) is 9.59 Å². The van der Waals surface area contributed by atoms with Gasteiger partial charge in [0.2, 0.25) is 0 Å². The number of ether oxygens (including phenoxy) is 1. The first-order valence-corrected chi connectivity index (χ1v) is 5.61. The summed E-state index contributed by atoms with van der Waals surface area (Å²) < 4.78 is 6.49. The average Bonchev–Trinajstić information content (AvgIpc) is 2.41. The van der Waals surface area contributed by atoms with E-state index in [1.54, 1.807) is 25.2 Å². The lowest BCUT2D eigenvalue weighted by molar-refractivity contribution is -0.138. The number of methoxy groups -OCH3 is 1. The number of benzene rings is 1. The summed E-state index contributed by atoms with van der Waals surface area (Å²) in [6.45, 7) is 0. The van der Waals surface area contributed by atoms with Crippen molar-refractivity contribution < 1.29 is 14.6 Å². The number of fused-ring (bicyclic) bond motifs is 1. The molecular weight excluding hydrogens is 248 g/mol. The smallest absolute Gasteiger partial charge is 0.325 e. The van der Waals surface area contributed by atoms with E-state index >= 15 is 0 Å². The van der Waals surface area contributed by atoms with Crippen molar-refractivity contribution >= 4 is 16.9 Å². The first-order chi connectivity index (χ1) is 8.95. The van der Waals surface area contributed by atoms with E-state index < -0.39 is 17.6 Å². The van der Waals surface area contributed by atoms with Gasteiger partial charge in [0.05, 0.1) is 12.6 Å². The quantitative estimate of drug-likeness (QED) is 0.846. The molecular formula is C13H14N2O4. The molecule has 1 aromatic heterocycles. The standard InChI is InChI=1S/C13H14N2O4/c1-15-10-4-3-8(19-2)5-7(10)6-9(12(15)16)11(14)13(17)18/h3-6,11H,14H2,1-2H3,(H,17,18)/t11-/m1/s1. The zero-order valence-corrected chi connectivity index (χ0v) is 10.6. The van der Waals surface area contributed by atoms with Crippen LogP contribution in [0.15, 0.2) is 29.1 Å². The number of hydrogen-bond donors (Lipinski definition) is 2. The number of carbonyl (C=O) groups is 1. The fourth-order valence-corrected chi connectivity index (χ4v) is 1.97. The fraction of sp³-hybridized carbons (Fsp3) is 0.231. The first kappa shape index (κ1) is 13.1. The Hall–Kier alpha value is -2.34. The molecule has 0 spiro atoms. The SMILES string of the molecule is COc1ccc2c(c1)cc([C@@H](N)C(=O)O)c(=O)n2C. The summed E-state index contributed by atoms with van der Waals surface area (Å²) in [5.41, 5.74) is 5.85. The van der Waals surface area contributed by atoms with Gasteiger partial charge in [0.15, 0.2) is 0 Å². The van der Waals surface area contributed by atoms with Crippen LogP contribution in [0.5, 0.6) is 5.75 Å². The van der Waals surface area contributed by atoms with Crippen molar-refractivity contribution in [2.24, 2.45) is 12.8 Å². The molecule has 2 rings (SSSR count). The van der Waals surface area contributed by atoms with Crippen LogP contribution < -0.4 is 16.0 Å². The molecule has 0 aliphatic carbocycles. The van der Waals surface area contributed by atoms with Gasteiger partial charge in [-0.2, -0.15) is 0 Å². The number of aliphatic carboxylic acids is 1. The Morgan fingerprint density at radius 2 is 2.11 bits per heavy atom. The lowest BCUT2D eigenvalue weighted by Gasteiger charge is -2.12. The van der Waals surface area contributed by atoms with E-state index in [0.717, 1.165) is 0 Å². The Morgan fingerprint density at radius 3 is 2.68 bits per heavy atom. The van der Waals surface area contributed by atoms with Gasteiger partial charge in [0.25, 0.3) is 5.56 Å². The number of nitrogens with two attached hydrogens (primary N) is 1. The number of pyridine rings is 1. The average molecular weight is 262 g/mol. The first-order valence-electron chi connectivity index (χ1n) is 5.61. The maximum Gasteiger partial charge on any atom is 0.325 e. The summed E-state index contributed by atoms with van der Waals surface area (Å²) in [6, 6.07) is 5.37. The molecule has 0 fully saturated rings. The van der Waals surface area contributed by atoms with Gasteiger partial charge in [0.1, 0.15) is 11.8 Å². The van der Waals surface area contributed by atoms with Crippen molar-refractivity contribution in [1.29, 1.82) is 0 Å². The normalized spacial score (nSPS) is 12.4. The topological polar surface area (TPSA) is 94.6 Å². The second-order valence-corrected chi connectivity index (χ2v) is 4.20. The highest BCUT2D eigenvalue weighted by Crippen LogP contribution is 2.21. The maximum absolute atomic E-state index is 12.1. The molecule has 0 aliphatic rings. The van der Waals surface area contributed by atoms with Crippen molar-refractivity contribution in [1.82, 2.24) is 4.57 Å².